The van der Waals surface area contributed by atoms with Crippen LogP contribution in [0, 0.1) is 0 Å². The molecule has 0 saturated carbocycles. The molecule has 0 bridgehead atoms. The number of pyridine rings is 2. The predicted molar refractivity (Wildman–Crippen MR) is 103 cm³/mol. The minimum atomic E-state index is 0.888. The minimum Gasteiger partial charge on any atom is -0.384 e. The lowest BCUT2D eigenvalue weighted by Crippen LogP contribution is -2.16. The van der Waals surface area contributed by atoms with E-state index in [1.54, 1.807) is 0 Å². The van der Waals surface area contributed by atoms with E-state index in [4.69, 9.17) is 4.98 Å². The van der Waals surface area contributed by atoms with Crippen LogP contribution in [0.3, 0.4) is 0 Å². The summed E-state index contributed by atoms with van der Waals surface area (Å²) in [7, 11) is 6.13. The van der Waals surface area contributed by atoms with E-state index in [0.29, 0.717) is 0 Å². The van der Waals surface area contributed by atoms with Crippen molar-refractivity contribution in [2.75, 3.05) is 32.5 Å². The fraction of sp³-hybridized carbons (Fsp3) is 0.316. The quantitative estimate of drug-likeness (QED) is 0.449. The summed E-state index contributed by atoms with van der Waals surface area (Å²) in [6, 6.07) is 8.21. The molecule has 6 nitrogen and oxygen atoms in total. The van der Waals surface area contributed by atoms with Crippen molar-refractivity contribution in [3.05, 3.63) is 36.7 Å². The fourth-order valence-corrected chi connectivity index (χ4v) is 3.25. The smallest absolute Gasteiger partial charge is 0.160 e. The Hall–Kier alpha value is -2.73. The molecule has 4 aromatic rings. The second-order valence-electron chi connectivity index (χ2n) is 6.61. The van der Waals surface area contributed by atoms with E-state index < -0.39 is 0 Å². The van der Waals surface area contributed by atoms with Crippen molar-refractivity contribution in [2.45, 2.75) is 6.42 Å². The van der Waals surface area contributed by atoms with E-state index in [9.17, 15) is 0 Å². The predicted octanol–water partition coefficient (Wildman–Crippen LogP) is 3.03. The molecule has 0 radical (unpaired) electrons. The Balaban J connectivity index is 1.89. The molecule has 0 unspecified atom stereocenters. The molecule has 128 valence electrons. The summed E-state index contributed by atoms with van der Waals surface area (Å²) in [5, 5.41) is 11.3. The van der Waals surface area contributed by atoms with Crippen LogP contribution < -0.4 is 5.32 Å². The molecular formula is C19H22N6. The first-order chi connectivity index (χ1) is 12.1. The van der Waals surface area contributed by atoms with Gasteiger partial charge >= 0.3 is 0 Å². The number of hydrogen-bond acceptors (Lipinski definition) is 5. The number of nitrogens with zero attached hydrogens (tertiary/aromatic N) is 5. The van der Waals surface area contributed by atoms with Gasteiger partial charge in [0.05, 0.1) is 28.3 Å². The lowest BCUT2D eigenvalue weighted by Gasteiger charge is -2.14. The van der Waals surface area contributed by atoms with Crippen LogP contribution in [-0.4, -0.2) is 51.8 Å². The van der Waals surface area contributed by atoms with Gasteiger partial charge in [0, 0.05) is 30.6 Å². The number of aryl methyl sites for hydroxylation is 1. The van der Waals surface area contributed by atoms with Crippen LogP contribution in [0.4, 0.5) is 5.69 Å². The Labute approximate surface area is 146 Å². The first-order valence-corrected chi connectivity index (χ1v) is 8.53. The van der Waals surface area contributed by atoms with Gasteiger partial charge in [-0.2, -0.15) is 5.10 Å². The van der Waals surface area contributed by atoms with Crippen LogP contribution in [-0.2, 0) is 7.05 Å². The second-order valence-corrected chi connectivity index (χ2v) is 6.61. The van der Waals surface area contributed by atoms with Crippen LogP contribution in [0.25, 0.3) is 32.8 Å². The highest BCUT2D eigenvalue weighted by atomic mass is 15.3. The minimum absolute atomic E-state index is 0.888. The number of nitrogens with one attached hydrogen (secondary N) is 1. The highest BCUT2D eigenvalue weighted by Gasteiger charge is 2.14. The molecule has 0 spiro atoms. The molecule has 0 aliphatic rings. The number of rotatable bonds is 5. The maximum absolute atomic E-state index is 4.89. The molecule has 3 aromatic heterocycles. The van der Waals surface area contributed by atoms with Crippen LogP contribution >= 0.6 is 0 Å². The molecular weight excluding hydrogens is 312 g/mol. The second kappa shape index (κ2) is 6.29. The topological polar surface area (TPSA) is 58.9 Å². The van der Waals surface area contributed by atoms with Gasteiger partial charge in [-0.3, -0.25) is 9.67 Å². The third-order valence-corrected chi connectivity index (χ3v) is 4.50. The number of aromatic nitrogens is 4. The summed E-state index contributed by atoms with van der Waals surface area (Å²) in [6.07, 6.45) is 4.79. The van der Waals surface area contributed by atoms with Gasteiger partial charge in [-0.05, 0) is 51.3 Å². The van der Waals surface area contributed by atoms with Crippen molar-refractivity contribution in [3.63, 3.8) is 0 Å². The van der Waals surface area contributed by atoms with Gasteiger partial charge in [0.2, 0.25) is 0 Å². The number of hydrogen-bond donors (Lipinski definition) is 1. The highest BCUT2D eigenvalue weighted by Crippen LogP contribution is 2.33. The zero-order valence-corrected chi connectivity index (χ0v) is 14.8. The van der Waals surface area contributed by atoms with Crippen molar-refractivity contribution >= 4 is 38.5 Å². The van der Waals surface area contributed by atoms with Crippen LogP contribution in [0.15, 0.2) is 36.7 Å². The van der Waals surface area contributed by atoms with Crippen molar-refractivity contribution in [3.8, 4) is 0 Å². The van der Waals surface area contributed by atoms with Crippen molar-refractivity contribution in [1.29, 1.82) is 0 Å². The Kier molecular flexibility index (Phi) is 3.97. The standard InChI is InChI=1S/C19H22N6/c1-24(2)11-5-10-21-17-14-7-8-16-13(6-4-9-20-16)18(14)23-19-15(17)12-22-25(19)3/h4,6-9,12H,5,10-11H2,1-3H3,(H,21,23). The van der Waals surface area contributed by atoms with E-state index in [1.165, 1.54) is 0 Å². The molecule has 25 heavy (non-hydrogen) atoms. The van der Waals surface area contributed by atoms with Gasteiger partial charge in [-0.25, -0.2) is 4.98 Å². The first-order valence-electron chi connectivity index (χ1n) is 8.53. The third kappa shape index (κ3) is 2.78. The van der Waals surface area contributed by atoms with Crippen molar-refractivity contribution in [1.82, 2.24) is 24.6 Å². The van der Waals surface area contributed by atoms with Gasteiger partial charge in [0.25, 0.3) is 0 Å². The maximum Gasteiger partial charge on any atom is 0.160 e. The van der Waals surface area contributed by atoms with Crippen LogP contribution in [0.1, 0.15) is 6.42 Å². The lowest BCUT2D eigenvalue weighted by atomic mass is 10.1. The molecule has 0 fully saturated rings. The molecule has 4 rings (SSSR count). The molecule has 3 heterocycles. The number of fused-ring (bicyclic) bond motifs is 4. The summed E-state index contributed by atoms with van der Waals surface area (Å²) in [5.41, 5.74) is 3.93. The van der Waals surface area contributed by atoms with Gasteiger partial charge in [0.15, 0.2) is 5.65 Å². The van der Waals surface area contributed by atoms with Crippen LogP contribution in [0.5, 0.6) is 0 Å². The van der Waals surface area contributed by atoms with E-state index in [-0.39, 0.29) is 0 Å². The fourth-order valence-electron chi connectivity index (χ4n) is 3.25. The van der Waals surface area contributed by atoms with Crippen molar-refractivity contribution < 1.29 is 0 Å². The zero-order valence-electron chi connectivity index (χ0n) is 14.8. The molecule has 0 aliphatic heterocycles. The Morgan fingerprint density at radius 2 is 2.00 bits per heavy atom. The summed E-state index contributed by atoms with van der Waals surface area (Å²) in [4.78, 5) is 11.6. The maximum atomic E-state index is 4.89. The molecule has 0 atom stereocenters. The zero-order chi connectivity index (χ0) is 17.4. The summed E-state index contributed by atoms with van der Waals surface area (Å²) in [5.74, 6) is 0. The van der Waals surface area contributed by atoms with E-state index in [2.05, 4.69) is 52.6 Å². The lowest BCUT2D eigenvalue weighted by molar-refractivity contribution is 0.405. The molecule has 0 amide bonds. The Bertz CT molecular complexity index is 1050. The van der Waals surface area contributed by atoms with Crippen molar-refractivity contribution in [2.24, 2.45) is 7.05 Å². The van der Waals surface area contributed by atoms with E-state index in [0.717, 1.165) is 58.0 Å². The third-order valence-electron chi connectivity index (χ3n) is 4.50. The average molecular weight is 334 g/mol. The highest BCUT2D eigenvalue weighted by molar-refractivity contribution is 6.14. The summed E-state index contributed by atoms with van der Waals surface area (Å²) in [6.45, 7) is 1.96. The SMILES string of the molecule is CN(C)CCCNc1c2ccc3ncccc3c2nc2c1cnn2C. The normalized spacial score (nSPS) is 11.8. The largest absolute Gasteiger partial charge is 0.384 e. The van der Waals surface area contributed by atoms with Gasteiger partial charge in [-0.1, -0.05) is 0 Å². The molecule has 6 heteroatoms. The number of benzene rings is 1. The summed E-state index contributed by atoms with van der Waals surface area (Å²) < 4.78 is 1.83. The first kappa shape index (κ1) is 15.8. The monoisotopic (exact) mass is 334 g/mol. The Morgan fingerprint density at radius 1 is 1.12 bits per heavy atom. The Morgan fingerprint density at radius 3 is 2.84 bits per heavy atom. The molecule has 0 saturated heterocycles. The summed E-state index contributed by atoms with van der Waals surface area (Å²) >= 11 is 0. The number of anilines is 1. The van der Waals surface area contributed by atoms with Gasteiger partial charge < -0.3 is 10.2 Å². The molecule has 0 aliphatic carbocycles. The van der Waals surface area contributed by atoms with Gasteiger partial charge in [-0.15, -0.1) is 0 Å². The molecule has 1 N–H and O–H groups in total. The van der Waals surface area contributed by atoms with E-state index >= 15 is 0 Å². The van der Waals surface area contributed by atoms with Crippen LogP contribution in [0.2, 0.25) is 0 Å². The average Bonchev–Trinajstić information content (AvgIpc) is 2.98. The van der Waals surface area contributed by atoms with E-state index in [1.807, 2.05) is 30.2 Å². The molecule has 1 aromatic carbocycles. The van der Waals surface area contributed by atoms with Gasteiger partial charge in [0.1, 0.15) is 0 Å².